The van der Waals surface area contributed by atoms with Gasteiger partial charge >= 0.3 is 0 Å². The van der Waals surface area contributed by atoms with Crippen molar-refractivity contribution in [3.8, 4) is 0 Å². The highest BCUT2D eigenvalue weighted by Gasteiger charge is 2.22. The predicted octanol–water partition coefficient (Wildman–Crippen LogP) is 3.17. The number of nitrogens with two attached hydrogens (primary N) is 2. The highest BCUT2D eigenvalue weighted by Crippen LogP contribution is 2.29. The van der Waals surface area contributed by atoms with Gasteiger partial charge < -0.3 is 21.7 Å². The molecule has 0 amide bonds. The molecule has 0 aliphatic heterocycles. The number of aliphatic hydroxyl groups excluding tert-OH is 2. The Bertz CT molecular complexity index is 773. The molecule has 2 aromatic carbocycles. The average molecular weight is 497 g/mol. The summed E-state index contributed by atoms with van der Waals surface area (Å²) in [6.07, 6.45) is 2.74. The van der Waals surface area contributed by atoms with Crippen LogP contribution in [0.1, 0.15) is 17.5 Å². The molecule has 0 fully saturated rings. The summed E-state index contributed by atoms with van der Waals surface area (Å²) in [4.78, 5) is 6.50. The number of aliphatic hydroxyl groups is 2. The van der Waals surface area contributed by atoms with Crippen LogP contribution < -0.4 is 11.5 Å². The van der Waals surface area contributed by atoms with E-state index in [1.165, 1.54) is 6.20 Å². The van der Waals surface area contributed by atoms with Gasteiger partial charge in [-0.05, 0) is 65.3 Å². The minimum atomic E-state index is -0.923. The molecule has 27 heavy (non-hydrogen) atoms. The fourth-order valence-electron chi connectivity index (χ4n) is 2.42. The molecule has 2 rings (SSSR count). The van der Waals surface area contributed by atoms with Crippen LogP contribution in [0.25, 0.3) is 5.70 Å². The first kappa shape index (κ1) is 21.9. The summed E-state index contributed by atoms with van der Waals surface area (Å²) in [6, 6.07) is 16.3. The molecule has 6 N–H and O–H groups in total. The Morgan fingerprint density at radius 2 is 1.59 bits per heavy atom. The van der Waals surface area contributed by atoms with Gasteiger partial charge in [0.25, 0.3) is 0 Å². The number of benzene rings is 2. The fourth-order valence-corrected chi connectivity index (χ4v) is 3.54. The third-order valence-electron chi connectivity index (χ3n) is 4.20. The van der Waals surface area contributed by atoms with Crippen molar-refractivity contribution in [2.45, 2.75) is 28.2 Å². The molecule has 0 saturated heterocycles. The molecule has 0 heterocycles. The van der Waals surface area contributed by atoms with Crippen molar-refractivity contribution in [1.29, 1.82) is 0 Å². The van der Waals surface area contributed by atoms with Gasteiger partial charge in [-0.2, -0.15) is 0 Å². The standard InChI is InChI=1S/C20H24IN3O2S/c21-14-24-19(11-22)16-3-7-18(8-4-16)27-17-5-1-15(2-6-17)9-10-20(23,12-25)13-26/h1-8,11,14,25-26H,9-10,12-13,22-23H2/b19-11-,24-14?. The van der Waals surface area contributed by atoms with Gasteiger partial charge in [-0.25, -0.2) is 4.99 Å². The molecular weight excluding hydrogens is 473 g/mol. The van der Waals surface area contributed by atoms with E-state index in [-0.39, 0.29) is 13.2 Å². The van der Waals surface area contributed by atoms with E-state index in [9.17, 15) is 10.2 Å². The monoisotopic (exact) mass is 497 g/mol. The smallest absolute Gasteiger partial charge is 0.0861 e. The van der Waals surface area contributed by atoms with Crippen molar-refractivity contribution in [3.05, 3.63) is 65.9 Å². The predicted molar refractivity (Wildman–Crippen MR) is 121 cm³/mol. The number of hydrogen-bond acceptors (Lipinski definition) is 6. The van der Waals surface area contributed by atoms with Crippen LogP contribution in [0.2, 0.25) is 0 Å². The fraction of sp³-hybridized carbons (Fsp3) is 0.250. The first-order valence-electron chi connectivity index (χ1n) is 8.46. The molecule has 144 valence electrons. The van der Waals surface area contributed by atoms with Crippen molar-refractivity contribution in [1.82, 2.24) is 0 Å². The SMILES string of the molecule is N/C=C(\N=CI)c1ccc(Sc2ccc(CCC(N)(CO)CO)cc2)cc1. The zero-order valence-electron chi connectivity index (χ0n) is 14.9. The van der Waals surface area contributed by atoms with Crippen molar-refractivity contribution in [3.63, 3.8) is 0 Å². The summed E-state index contributed by atoms with van der Waals surface area (Å²) in [5, 5.41) is 18.5. The molecule has 0 aliphatic rings. The average Bonchev–Trinajstić information content (AvgIpc) is 2.72. The van der Waals surface area contributed by atoms with E-state index < -0.39 is 5.54 Å². The van der Waals surface area contributed by atoms with Crippen molar-refractivity contribution in [2.24, 2.45) is 16.5 Å². The summed E-state index contributed by atoms with van der Waals surface area (Å²) in [7, 11) is 0. The molecule has 2 aromatic rings. The third kappa shape index (κ3) is 6.62. The number of rotatable bonds is 9. The minimum absolute atomic E-state index is 0.225. The van der Waals surface area contributed by atoms with Gasteiger partial charge in [0.2, 0.25) is 0 Å². The molecule has 0 aliphatic carbocycles. The molecule has 5 nitrogen and oxygen atoms in total. The van der Waals surface area contributed by atoms with Crippen LogP contribution in [-0.2, 0) is 6.42 Å². The number of hydrogen-bond donors (Lipinski definition) is 4. The normalized spacial score (nSPS) is 12.7. The molecular formula is C20H24IN3O2S. The van der Waals surface area contributed by atoms with Crippen LogP contribution >= 0.6 is 34.4 Å². The van der Waals surface area contributed by atoms with E-state index in [1.54, 1.807) is 16.0 Å². The van der Waals surface area contributed by atoms with Crippen LogP contribution in [0, 0.1) is 0 Å². The molecule has 0 spiro atoms. The summed E-state index contributed by atoms with van der Waals surface area (Å²) >= 11 is 3.74. The second-order valence-electron chi connectivity index (χ2n) is 6.23. The van der Waals surface area contributed by atoms with Gasteiger partial charge in [0.15, 0.2) is 0 Å². The summed E-state index contributed by atoms with van der Waals surface area (Å²) < 4.78 is 1.69. The minimum Gasteiger partial charge on any atom is -0.403 e. The van der Waals surface area contributed by atoms with Crippen LogP contribution in [0.4, 0.5) is 0 Å². The quantitative estimate of drug-likeness (QED) is 0.315. The van der Waals surface area contributed by atoms with E-state index in [0.717, 1.165) is 26.6 Å². The largest absolute Gasteiger partial charge is 0.403 e. The molecule has 0 atom stereocenters. The number of nitrogens with zero attached hydrogens (tertiary/aromatic N) is 1. The topological polar surface area (TPSA) is 105 Å². The Labute approximate surface area is 177 Å². The van der Waals surface area contributed by atoms with E-state index in [0.29, 0.717) is 12.8 Å². The zero-order chi connectivity index (χ0) is 19.7. The number of aryl methyl sites for hydroxylation is 1. The Morgan fingerprint density at radius 3 is 2.07 bits per heavy atom. The maximum absolute atomic E-state index is 9.26. The van der Waals surface area contributed by atoms with E-state index in [4.69, 9.17) is 11.5 Å². The molecule has 7 heteroatoms. The highest BCUT2D eigenvalue weighted by atomic mass is 127. The zero-order valence-corrected chi connectivity index (χ0v) is 17.9. The van der Waals surface area contributed by atoms with Crippen molar-refractivity contribution in [2.75, 3.05) is 13.2 Å². The van der Waals surface area contributed by atoms with Gasteiger partial charge in [0, 0.05) is 21.6 Å². The van der Waals surface area contributed by atoms with Gasteiger partial charge in [-0.15, -0.1) is 0 Å². The lowest BCUT2D eigenvalue weighted by atomic mass is 9.94. The lowest BCUT2D eigenvalue weighted by molar-refractivity contribution is 0.115. The first-order chi connectivity index (χ1) is 13.0. The van der Waals surface area contributed by atoms with Crippen LogP contribution in [0.15, 0.2) is 69.5 Å². The van der Waals surface area contributed by atoms with E-state index in [2.05, 4.69) is 51.8 Å². The number of aliphatic imine (C=N–C) groups is 1. The maximum atomic E-state index is 9.26. The van der Waals surface area contributed by atoms with Gasteiger partial charge in [-0.1, -0.05) is 36.0 Å². The second-order valence-corrected chi connectivity index (χ2v) is 7.93. The highest BCUT2D eigenvalue weighted by molar-refractivity contribution is 14.1. The summed E-state index contributed by atoms with van der Waals surface area (Å²) in [5.74, 6) is 0. The Balaban J connectivity index is 1.98. The maximum Gasteiger partial charge on any atom is 0.0861 e. The van der Waals surface area contributed by atoms with E-state index in [1.807, 2.05) is 24.3 Å². The summed E-state index contributed by atoms with van der Waals surface area (Å²) in [5.41, 5.74) is 13.5. The number of halogens is 1. The molecule has 0 saturated carbocycles. The van der Waals surface area contributed by atoms with Crippen LogP contribution in [0.3, 0.4) is 0 Å². The van der Waals surface area contributed by atoms with Crippen LogP contribution in [-0.4, -0.2) is 33.2 Å². The summed E-state index contributed by atoms with van der Waals surface area (Å²) in [6.45, 7) is -0.449. The molecule has 0 radical (unpaired) electrons. The van der Waals surface area contributed by atoms with Crippen LogP contribution in [0.5, 0.6) is 0 Å². The van der Waals surface area contributed by atoms with Crippen molar-refractivity contribution < 1.29 is 10.2 Å². The molecule has 0 aromatic heterocycles. The van der Waals surface area contributed by atoms with Gasteiger partial charge in [0.1, 0.15) is 0 Å². The molecule has 0 bridgehead atoms. The van der Waals surface area contributed by atoms with E-state index >= 15 is 0 Å². The van der Waals surface area contributed by atoms with Crippen molar-refractivity contribution >= 4 is 44.3 Å². The Hall–Kier alpha value is -1.39. The Kier molecular flexibility index (Phi) is 8.78. The third-order valence-corrected chi connectivity index (χ3v) is 5.49. The lowest BCUT2D eigenvalue weighted by Crippen LogP contribution is -2.47. The Morgan fingerprint density at radius 1 is 1.04 bits per heavy atom. The lowest BCUT2D eigenvalue weighted by Gasteiger charge is -2.24. The second kappa shape index (κ2) is 10.8. The molecule has 0 unspecified atom stereocenters. The first-order valence-corrected chi connectivity index (χ1v) is 10.5. The van der Waals surface area contributed by atoms with Gasteiger partial charge in [-0.3, -0.25) is 0 Å². The van der Waals surface area contributed by atoms with Gasteiger partial charge in [0.05, 0.1) is 28.7 Å².